The second kappa shape index (κ2) is 6.26. The summed E-state index contributed by atoms with van der Waals surface area (Å²) in [5.41, 5.74) is 2.30. The molecule has 2 aromatic rings. The molecule has 0 bridgehead atoms. The molecular formula is C13H12ClN3O2. The number of rotatable bonds is 5. The molecule has 0 aliphatic carbocycles. The van der Waals surface area contributed by atoms with Crippen molar-refractivity contribution in [2.45, 2.75) is 6.04 Å². The average Bonchev–Trinajstić information content (AvgIpc) is 2.46. The summed E-state index contributed by atoms with van der Waals surface area (Å²) in [7, 11) is 0. The lowest BCUT2D eigenvalue weighted by Gasteiger charge is -2.13. The molecule has 1 heterocycles. The number of aliphatic hydroxyl groups is 1. The SMILES string of the molecule is O=CNC(CO)c1ccc(-c2ncncc2Cl)cc1. The van der Waals surface area contributed by atoms with E-state index >= 15 is 0 Å². The van der Waals surface area contributed by atoms with Gasteiger partial charge in [0, 0.05) is 11.8 Å². The van der Waals surface area contributed by atoms with Crippen molar-refractivity contribution >= 4 is 18.0 Å². The molecular weight excluding hydrogens is 266 g/mol. The maximum Gasteiger partial charge on any atom is 0.207 e. The van der Waals surface area contributed by atoms with E-state index in [1.54, 1.807) is 0 Å². The Bertz CT molecular complexity index is 560. The van der Waals surface area contributed by atoms with Gasteiger partial charge in [-0.1, -0.05) is 35.9 Å². The van der Waals surface area contributed by atoms with E-state index in [-0.39, 0.29) is 6.61 Å². The van der Waals surface area contributed by atoms with Crippen LogP contribution >= 0.6 is 11.6 Å². The van der Waals surface area contributed by atoms with Gasteiger partial charge in [-0.15, -0.1) is 0 Å². The normalized spacial score (nSPS) is 11.9. The van der Waals surface area contributed by atoms with Crippen molar-refractivity contribution in [3.05, 3.63) is 47.4 Å². The van der Waals surface area contributed by atoms with Crippen LogP contribution in [-0.2, 0) is 4.79 Å². The van der Waals surface area contributed by atoms with E-state index in [9.17, 15) is 9.90 Å². The predicted molar refractivity (Wildman–Crippen MR) is 71.5 cm³/mol. The number of hydrogen-bond donors (Lipinski definition) is 2. The van der Waals surface area contributed by atoms with Gasteiger partial charge in [-0.3, -0.25) is 4.79 Å². The van der Waals surface area contributed by atoms with Crippen molar-refractivity contribution in [3.63, 3.8) is 0 Å². The van der Waals surface area contributed by atoms with Crippen LogP contribution in [0.4, 0.5) is 0 Å². The number of nitrogens with one attached hydrogen (secondary N) is 1. The third kappa shape index (κ3) is 3.07. The summed E-state index contributed by atoms with van der Waals surface area (Å²) in [6.45, 7) is -0.160. The number of carbonyl (C=O) groups excluding carboxylic acids is 1. The summed E-state index contributed by atoms with van der Waals surface area (Å²) in [6.07, 6.45) is 3.53. The van der Waals surface area contributed by atoms with Crippen molar-refractivity contribution < 1.29 is 9.90 Å². The molecule has 0 aliphatic rings. The number of carbonyl (C=O) groups is 1. The molecule has 0 fully saturated rings. The molecule has 2 rings (SSSR count). The Balaban J connectivity index is 2.28. The van der Waals surface area contributed by atoms with Crippen LogP contribution in [0.25, 0.3) is 11.3 Å². The summed E-state index contributed by atoms with van der Waals surface area (Å²) in [5.74, 6) is 0. The first kappa shape index (κ1) is 13.5. The highest BCUT2D eigenvalue weighted by molar-refractivity contribution is 6.32. The van der Waals surface area contributed by atoms with E-state index < -0.39 is 6.04 Å². The van der Waals surface area contributed by atoms with Crippen molar-refractivity contribution in [1.82, 2.24) is 15.3 Å². The average molecular weight is 278 g/mol. The summed E-state index contributed by atoms with van der Waals surface area (Å²) in [4.78, 5) is 18.4. The van der Waals surface area contributed by atoms with Crippen molar-refractivity contribution in [2.24, 2.45) is 0 Å². The number of hydrogen-bond acceptors (Lipinski definition) is 4. The Labute approximate surface area is 115 Å². The molecule has 2 N–H and O–H groups in total. The molecule has 6 heteroatoms. The summed E-state index contributed by atoms with van der Waals surface area (Å²) >= 11 is 6.01. The lowest BCUT2D eigenvalue weighted by atomic mass is 10.0. The van der Waals surface area contributed by atoms with Crippen LogP contribution in [0.5, 0.6) is 0 Å². The monoisotopic (exact) mass is 277 g/mol. The molecule has 1 atom stereocenters. The number of aromatic nitrogens is 2. The van der Waals surface area contributed by atoms with Gasteiger partial charge in [0.1, 0.15) is 6.33 Å². The molecule has 5 nitrogen and oxygen atoms in total. The molecule has 1 unspecified atom stereocenters. The van der Waals surface area contributed by atoms with Gasteiger partial charge < -0.3 is 10.4 Å². The largest absolute Gasteiger partial charge is 0.394 e. The maximum atomic E-state index is 10.4. The van der Waals surface area contributed by atoms with Crippen molar-refractivity contribution in [1.29, 1.82) is 0 Å². The molecule has 1 amide bonds. The van der Waals surface area contributed by atoms with Gasteiger partial charge in [-0.2, -0.15) is 0 Å². The fourth-order valence-corrected chi connectivity index (χ4v) is 1.95. The standard InChI is InChI=1S/C13H12ClN3O2/c14-11-5-15-7-16-13(11)10-3-1-9(2-4-10)12(6-18)17-8-19/h1-5,7-8,12,18H,6H2,(H,17,19). The van der Waals surface area contributed by atoms with E-state index in [0.717, 1.165) is 11.1 Å². The highest BCUT2D eigenvalue weighted by atomic mass is 35.5. The number of nitrogens with zero attached hydrogens (tertiary/aromatic N) is 2. The molecule has 0 radical (unpaired) electrons. The third-order valence-electron chi connectivity index (χ3n) is 2.71. The van der Waals surface area contributed by atoms with Crippen LogP contribution in [0.3, 0.4) is 0 Å². The van der Waals surface area contributed by atoms with Crippen LogP contribution in [-0.4, -0.2) is 28.1 Å². The highest BCUT2D eigenvalue weighted by Gasteiger charge is 2.10. The van der Waals surface area contributed by atoms with Gasteiger partial charge in [0.2, 0.25) is 6.41 Å². The molecule has 1 aromatic carbocycles. The first-order valence-electron chi connectivity index (χ1n) is 5.62. The predicted octanol–water partition coefficient (Wildman–Crippen LogP) is 1.58. The lowest BCUT2D eigenvalue weighted by Crippen LogP contribution is -2.22. The third-order valence-corrected chi connectivity index (χ3v) is 2.98. The minimum absolute atomic E-state index is 0.160. The maximum absolute atomic E-state index is 10.4. The first-order valence-corrected chi connectivity index (χ1v) is 6.00. The fourth-order valence-electron chi connectivity index (χ4n) is 1.73. The zero-order valence-corrected chi connectivity index (χ0v) is 10.7. The highest BCUT2D eigenvalue weighted by Crippen LogP contribution is 2.25. The van der Waals surface area contributed by atoms with Crippen LogP contribution < -0.4 is 5.32 Å². The Morgan fingerprint density at radius 3 is 2.68 bits per heavy atom. The topological polar surface area (TPSA) is 75.1 Å². The van der Waals surface area contributed by atoms with E-state index in [1.165, 1.54) is 12.5 Å². The molecule has 0 saturated heterocycles. The molecule has 0 aliphatic heterocycles. The van der Waals surface area contributed by atoms with Gasteiger partial charge in [0.05, 0.1) is 23.4 Å². The van der Waals surface area contributed by atoms with Crippen LogP contribution in [0.2, 0.25) is 5.02 Å². The Morgan fingerprint density at radius 2 is 2.11 bits per heavy atom. The Morgan fingerprint density at radius 1 is 1.37 bits per heavy atom. The van der Waals surface area contributed by atoms with Gasteiger partial charge in [-0.25, -0.2) is 9.97 Å². The van der Waals surface area contributed by atoms with Crippen LogP contribution in [0, 0.1) is 0 Å². The van der Waals surface area contributed by atoms with Gasteiger partial charge in [0.15, 0.2) is 0 Å². The van der Waals surface area contributed by atoms with Crippen molar-refractivity contribution in [3.8, 4) is 11.3 Å². The van der Waals surface area contributed by atoms with E-state index in [1.807, 2.05) is 24.3 Å². The number of amides is 1. The number of aliphatic hydroxyl groups excluding tert-OH is 1. The molecule has 19 heavy (non-hydrogen) atoms. The second-order valence-electron chi connectivity index (χ2n) is 3.86. The quantitative estimate of drug-likeness (QED) is 0.814. The Kier molecular flexibility index (Phi) is 4.43. The van der Waals surface area contributed by atoms with E-state index in [2.05, 4.69) is 15.3 Å². The van der Waals surface area contributed by atoms with Gasteiger partial charge in [0.25, 0.3) is 0 Å². The van der Waals surface area contributed by atoms with Crippen LogP contribution in [0.15, 0.2) is 36.8 Å². The zero-order valence-electron chi connectivity index (χ0n) is 9.95. The van der Waals surface area contributed by atoms with E-state index in [0.29, 0.717) is 17.1 Å². The van der Waals surface area contributed by atoms with E-state index in [4.69, 9.17) is 11.6 Å². The minimum Gasteiger partial charge on any atom is -0.394 e. The summed E-state index contributed by atoms with van der Waals surface area (Å²) in [5, 5.41) is 12.2. The first-order chi connectivity index (χ1) is 9.26. The van der Waals surface area contributed by atoms with Crippen LogP contribution in [0.1, 0.15) is 11.6 Å². The Hall–Kier alpha value is -1.98. The summed E-state index contributed by atoms with van der Waals surface area (Å²) < 4.78 is 0. The molecule has 98 valence electrons. The van der Waals surface area contributed by atoms with Gasteiger partial charge >= 0.3 is 0 Å². The summed E-state index contributed by atoms with van der Waals surface area (Å²) in [6, 6.07) is 6.88. The molecule has 0 saturated carbocycles. The van der Waals surface area contributed by atoms with Gasteiger partial charge in [-0.05, 0) is 5.56 Å². The smallest absolute Gasteiger partial charge is 0.207 e. The number of halogens is 1. The molecule has 1 aromatic heterocycles. The minimum atomic E-state index is -0.410. The zero-order chi connectivity index (χ0) is 13.7. The second-order valence-corrected chi connectivity index (χ2v) is 4.27. The fraction of sp³-hybridized carbons (Fsp3) is 0.154. The number of benzene rings is 1. The molecule has 0 spiro atoms. The lowest BCUT2D eigenvalue weighted by molar-refractivity contribution is -0.110. The van der Waals surface area contributed by atoms with Crippen molar-refractivity contribution in [2.75, 3.05) is 6.61 Å².